The van der Waals surface area contributed by atoms with Gasteiger partial charge in [0.2, 0.25) is 5.91 Å². The van der Waals surface area contributed by atoms with Gasteiger partial charge in [-0.3, -0.25) is 13.8 Å². The molecule has 334 valence electrons. The third-order valence-electron chi connectivity index (χ3n) is 8.92. The van der Waals surface area contributed by atoms with Crippen molar-refractivity contribution >= 4 is 13.7 Å². The number of phosphoric ester groups is 1. The number of unbranched alkanes of at least 4 members (excludes halogenated alkanes) is 7. The second kappa shape index (κ2) is 40.3. The number of quaternary nitrogens is 1. The van der Waals surface area contributed by atoms with Crippen molar-refractivity contribution in [3.63, 3.8) is 0 Å². The van der Waals surface area contributed by atoms with E-state index in [1.54, 1.807) is 6.08 Å². The summed E-state index contributed by atoms with van der Waals surface area (Å²) >= 11 is 0. The van der Waals surface area contributed by atoms with Crippen LogP contribution in [0.25, 0.3) is 0 Å². The topological polar surface area (TPSA) is 105 Å². The number of rotatable bonds is 38. The SMILES string of the molecule is CC/C=C\C/C=C\C/C=C\C/C=C\C/C=C\C/C=C\C/C=C\C/C=C\CCCCCCC(=O)NC(COP(=O)(O)OCC[N+](C)(C)C)C(O)/C=C/CC/C=C/CCCC. The highest BCUT2D eigenvalue weighted by Gasteiger charge is 2.27. The van der Waals surface area contributed by atoms with Gasteiger partial charge in [-0.1, -0.05) is 161 Å². The minimum atomic E-state index is -4.35. The Morgan fingerprint density at radius 2 is 1.03 bits per heavy atom. The molecule has 0 saturated heterocycles. The van der Waals surface area contributed by atoms with E-state index in [2.05, 4.69) is 129 Å². The Kier molecular flexibility index (Phi) is 38.2. The van der Waals surface area contributed by atoms with E-state index in [0.29, 0.717) is 17.4 Å². The molecule has 0 aliphatic heterocycles. The summed E-state index contributed by atoms with van der Waals surface area (Å²) in [6, 6.07) is -0.883. The van der Waals surface area contributed by atoms with Crippen LogP contribution in [0.3, 0.4) is 0 Å². The Labute approximate surface area is 361 Å². The first-order chi connectivity index (χ1) is 28.5. The minimum Gasteiger partial charge on any atom is -0.387 e. The molecule has 8 nitrogen and oxygen atoms in total. The third kappa shape index (κ3) is 42.8. The minimum absolute atomic E-state index is 0.0428. The Morgan fingerprint density at radius 3 is 1.54 bits per heavy atom. The fourth-order valence-corrected chi connectivity index (χ4v) is 6.09. The van der Waals surface area contributed by atoms with Gasteiger partial charge in [-0.25, -0.2) is 4.57 Å². The summed E-state index contributed by atoms with van der Waals surface area (Å²) < 4.78 is 23.4. The molecule has 3 N–H and O–H groups in total. The third-order valence-corrected chi connectivity index (χ3v) is 9.90. The monoisotopic (exact) mass is 840 g/mol. The predicted octanol–water partition coefficient (Wildman–Crippen LogP) is 12.7. The van der Waals surface area contributed by atoms with Gasteiger partial charge in [0.25, 0.3) is 0 Å². The van der Waals surface area contributed by atoms with Gasteiger partial charge >= 0.3 is 7.82 Å². The quantitative estimate of drug-likeness (QED) is 0.0248. The molecular weight excluding hydrogens is 756 g/mol. The molecular formula is C50H84N2O6P+. The van der Waals surface area contributed by atoms with Crippen LogP contribution < -0.4 is 5.32 Å². The fourth-order valence-electron chi connectivity index (χ4n) is 5.35. The van der Waals surface area contributed by atoms with Gasteiger partial charge in [0, 0.05) is 6.42 Å². The Hall–Kier alpha value is -3.10. The largest absolute Gasteiger partial charge is 0.472 e. The highest BCUT2D eigenvalue weighted by molar-refractivity contribution is 7.47. The molecule has 0 aromatic carbocycles. The number of allylic oxidation sites excluding steroid dienone is 19. The molecule has 0 aliphatic rings. The van der Waals surface area contributed by atoms with Gasteiger partial charge in [0.05, 0.1) is 39.9 Å². The Balaban J connectivity index is 4.30. The molecule has 1 amide bonds. The summed E-state index contributed by atoms with van der Waals surface area (Å²) in [7, 11) is 1.51. The van der Waals surface area contributed by atoms with Crippen molar-refractivity contribution in [1.29, 1.82) is 0 Å². The normalized spacial score (nSPS) is 15.4. The zero-order valence-corrected chi connectivity index (χ0v) is 38.6. The van der Waals surface area contributed by atoms with E-state index in [-0.39, 0.29) is 19.1 Å². The lowest BCUT2D eigenvalue weighted by Crippen LogP contribution is -2.45. The predicted molar refractivity (Wildman–Crippen MR) is 253 cm³/mol. The average Bonchev–Trinajstić information content (AvgIpc) is 3.19. The first-order valence-electron chi connectivity index (χ1n) is 22.4. The lowest BCUT2D eigenvalue weighted by Gasteiger charge is -2.25. The number of aliphatic hydroxyl groups excluding tert-OH is 1. The van der Waals surface area contributed by atoms with Gasteiger partial charge in [-0.15, -0.1) is 0 Å². The maximum atomic E-state index is 12.8. The smallest absolute Gasteiger partial charge is 0.387 e. The Bertz CT molecular complexity index is 1370. The van der Waals surface area contributed by atoms with Crippen molar-refractivity contribution in [2.45, 2.75) is 148 Å². The van der Waals surface area contributed by atoms with Crippen molar-refractivity contribution in [2.75, 3.05) is 40.9 Å². The number of hydrogen-bond acceptors (Lipinski definition) is 5. The van der Waals surface area contributed by atoms with Crippen molar-refractivity contribution < 1.29 is 32.9 Å². The fraction of sp³-hybridized carbons (Fsp3) is 0.580. The summed E-state index contributed by atoms with van der Waals surface area (Å²) in [6.07, 6.45) is 60.1. The summed E-state index contributed by atoms with van der Waals surface area (Å²) in [5.74, 6) is -0.223. The summed E-state index contributed by atoms with van der Waals surface area (Å²) in [5, 5.41) is 13.7. The van der Waals surface area contributed by atoms with Crippen LogP contribution >= 0.6 is 7.82 Å². The number of nitrogens with zero attached hydrogens (tertiary/aromatic N) is 1. The maximum Gasteiger partial charge on any atom is 0.472 e. The van der Waals surface area contributed by atoms with E-state index in [0.717, 1.165) is 109 Å². The van der Waals surface area contributed by atoms with Crippen LogP contribution in [0.1, 0.15) is 136 Å². The summed E-state index contributed by atoms with van der Waals surface area (Å²) in [4.78, 5) is 23.0. The van der Waals surface area contributed by atoms with Gasteiger partial charge in [0.1, 0.15) is 13.2 Å². The lowest BCUT2D eigenvalue weighted by molar-refractivity contribution is -0.870. The number of aliphatic hydroxyl groups is 1. The van der Waals surface area contributed by atoms with E-state index in [9.17, 15) is 19.4 Å². The Morgan fingerprint density at radius 1 is 0.593 bits per heavy atom. The molecule has 0 heterocycles. The molecule has 3 atom stereocenters. The van der Waals surface area contributed by atoms with Crippen LogP contribution in [0.2, 0.25) is 0 Å². The van der Waals surface area contributed by atoms with Crippen LogP contribution in [0.5, 0.6) is 0 Å². The van der Waals surface area contributed by atoms with Crippen molar-refractivity contribution in [3.05, 3.63) is 122 Å². The molecule has 3 unspecified atom stereocenters. The van der Waals surface area contributed by atoms with Gasteiger partial charge < -0.3 is 19.8 Å². The van der Waals surface area contributed by atoms with E-state index < -0.39 is 20.0 Å². The van der Waals surface area contributed by atoms with E-state index in [1.165, 1.54) is 6.42 Å². The zero-order valence-electron chi connectivity index (χ0n) is 37.7. The summed E-state index contributed by atoms with van der Waals surface area (Å²) in [6.45, 7) is 4.53. The molecule has 59 heavy (non-hydrogen) atoms. The number of carbonyl (C=O) groups excluding carboxylic acids is 1. The number of likely N-dealkylation sites (N-methyl/N-ethyl adjacent to an activating group) is 1. The average molecular weight is 840 g/mol. The molecule has 0 rings (SSSR count). The zero-order chi connectivity index (χ0) is 43.6. The van der Waals surface area contributed by atoms with Crippen LogP contribution in [-0.2, 0) is 18.4 Å². The molecule has 0 bridgehead atoms. The van der Waals surface area contributed by atoms with Gasteiger partial charge in [0.15, 0.2) is 0 Å². The number of amides is 1. The van der Waals surface area contributed by atoms with Crippen LogP contribution in [0.15, 0.2) is 122 Å². The molecule has 0 aromatic heterocycles. The van der Waals surface area contributed by atoms with Crippen molar-refractivity contribution in [2.24, 2.45) is 0 Å². The van der Waals surface area contributed by atoms with Gasteiger partial charge in [-0.05, 0) is 89.9 Å². The highest BCUT2D eigenvalue weighted by atomic mass is 31.2. The molecule has 0 saturated carbocycles. The first kappa shape index (κ1) is 55.9. The molecule has 0 fully saturated rings. The van der Waals surface area contributed by atoms with E-state index >= 15 is 0 Å². The highest BCUT2D eigenvalue weighted by Crippen LogP contribution is 2.43. The van der Waals surface area contributed by atoms with Crippen LogP contribution in [0, 0.1) is 0 Å². The molecule has 9 heteroatoms. The standard InChI is InChI=1S/C50H83N2O6P/c1-6-8-10-12-14-16-17-18-19-20-21-22-23-24-25-26-27-28-29-30-31-32-33-34-35-36-38-40-42-44-50(54)51-48(47-58-59(55,56)57-46-45-52(3,4)5)49(53)43-41-39-37-15-13-11-9-7-2/h8,10,13-16,18-19,21-22,24-25,27-28,30-31,33-34,41,43,48-49,53H,6-7,9,11-12,17,20,23,26,29,32,35-40,42,44-47H2,1-5H3,(H-,51,54,55,56)/p+1/b10-8-,15-13+,16-14-,19-18-,22-21-,25-24-,28-27-,31-30-,34-33-,43-41+. The molecule has 0 aliphatic carbocycles. The number of carbonyl (C=O) groups is 1. The second-order valence-corrected chi connectivity index (χ2v) is 17.1. The first-order valence-corrected chi connectivity index (χ1v) is 23.9. The van der Waals surface area contributed by atoms with E-state index in [1.807, 2.05) is 27.2 Å². The lowest BCUT2D eigenvalue weighted by atomic mass is 10.1. The molecule has 0 aromatic rings. The van der Waals surface area contributed by atoms with Crippen molar-refractivity contribution in [3.8, 4) is 0 Å². The number of hydrogen-bond donors (Lipinski definition) is 3. The van der Waals surface area contributed by atoms with E-state index in [4.69, 9.17) is 9.05 Å². The van der Waals surface area contributed by atoms with Gasteiger partial charge in [-0.2, -0.15) is 0 Å². The van der Waals surface area contributed by atoms with Crippen LogP contribution in [0.4, 0.5) is 0 Å². The molecule has 0 spiro atoms. The second-order valence-electron chi connectivity index (χ2n) is 15.7. The maximum absolute atomic E-state index is 12.8. The number of nitrogens with one attached hydrogen (secondary N) is 1. The summed E-state index contributed by atoms with van der Waals surface area (Å²) in [5.41, 5.74) is 0. The van der Waals surface area contributed by atoms with Crippen LogP contribution in [-0.4, -0.2) is 73.4 Å². The van der Waals surface area contributed by atoms with Crippen molar-refractivity contribution in [1.82, 2.24) is 5.32 Å². The molecule has 0 radical (unpaired) electrons. The number of phosphoric acid groups is 1.